The molecule has 2 unspecified atom stereocenters. The molecule has 1 heterocycles. The second-order valence-electron chi connectivity index (χ2n) is 5.40. The summed E-state index contributed by atoms with van der Waals surface area (Å²) < 4.78 is 0. The summed E-state index contributed by atoms with van der Waals surface area (Å²) in [5.41, 5.74) is -0.397. The zero-order valence-corrected chi connectivity index (χ0v) is 11.1. The molecule has 0 radical (unpaired) electrons. The van der Waals surface area contributed by atoms with E-state index in [0.717, 1.165) is 19.6 Å². The van der Waals surface area contributed by atoms with Gasteiger partial charge in [0.2, 0.25) is 0 Å². The smallest absolute Gasteiger partial charge is 0.116 e. The minimum absolute atomic E-state index is 0.397. The van der Waals surface area contributed by atoms with Crippen molar-refractivity contribution in [3.8, 4) is 6.07 Å². The van der Waals surface area contributed by atoms with Crippen LogP contribution in [-0.2, 0) is 0 Å². The van der Waals surface area contributed by atoms with Gasteiger partial charge in [-0.25, -0.2) is 0 Å². The average molecular weight is 223 g/mol. The van der Waals surface area contributed by atoms with E-state index in [9.17, 15) is 5.26 Å². The van der Waals surface area contributed by atoms with Gasteiger partial charge in [0.1, 0.15) is 5.54 Å². The maximum Gasteiger partial charge on any atom is 0.116 e. The fourth-order valence-electron chi connectivity index (χ4n) is 2.73. The van der Waals surface area contributed by atoms with Crippen LogP contribution in [0.25, 0.3) is 0 Å². The summed E-state index contributed by atoms with van der Waals surface area (Å²) in [4.78, 5) is 2.48. The van der Waals surface area contributed by atoms with Gasteiger partial charge in [0.15, 0.2) is 0 Å². The van der Waals surface area contributed by atoms with Crippen molar-refractivity contribution in [3.05, 3.63) is 0 Å². The monoisotopic (exact) mass is 223 g/mol. The molecule has 0 amide bonds. The Morgan fingerprint density at radius 1 is 1.56 bits per heavy atom. The van der Waals surface area contributed by atoms with Crippen molar-refractivity contribution in [2.24, 2.45) is 5.92 Å². The van der Waals surface area contributed by atoms with Gasteiger partial charge in [-0.15, -0.1) is 0 Å². The van der Waals surface area contributed by atoms with Crippen LogP contribution in [0.2, 0.25) is 0 Å². The lowest BCUT2D eigenvalue weighted by Gasteiger charge is -2.34. The Bertz CT molecular complexity index is 256. The summed E-state index contributed by atoms with van der Waals surface area (Å²) in [5, 5.41) is 12.6. The van der Waals surface area contributed by atoms with Crippen LogP contribution >= 0.6 is 0 Å². The highest BCUT2D eigenvalue weighted by Gasteiger charge is 2.33. The predicted molar refractivity (Wildman–Crippen MR) is 67.1 cm³/mol. The van der Waals surface area contributed by atoms with Crippen molar-refractivity contribution < 1.29 is 0 Å². The third-order valence-corrected chi connectivity index (χ3v) is 3.52. The molecule has 0 aromatic rings. The fraction of sp³-hybridized carbons (Fsp3) is 0.923. The number of nitrogens with zero attached hydrogens (tertiary/aromatic N) is 2. The Morgan fingerprint density at radius 3 is 2.75 bits per heavy atom. The first-order valence-electron chi connectivity index (χ1n) is 6.42. The third-order valence-electron chi connectivity index (χ3n) is 3.52. The van der Waals surface area contributed by atoms with Crippen molar-refractivity contribution in [3.63, 3.8) is 0 Å². The SMILES string of the molecule is CCNC(C)(C#N)CN1CCCC1C(C)C. The Balaban J connectivity index is 2.61. The molecule has 0 aromatic carbocycles. The lowest BCUT2D eigenvalue weighted by Crippen LogP contribution is -2.52. The van der Waals surface area contributed by atoms with Crippen LogP contribution in [0, 0.1) is 17.2 Å². The normalized spacial score (nSPS) is 25.6. The molecule has 0 bridgehead atoms. The lowest BCUT2D eigenvalue weighted by atomic mass is 9.99. The molecule has 2 atom stereocenters. The minimum Gasteiger partial charge on any atom is -0.299 e. The van der Waals surface area contributed by atoms with E-state index in [4.69, 9.17) is 0 Å². The van der Waals surface area contributed by atoms with Crippen LogP contribution < -0.4 is 5.32 Å². The molecule has 1 rings (SSSR count). The maximum atomic E-state index is 9.26. The number of hydrogen-bond acceptors (Lipinski definition) is 3. The summed E-state index contributed by atoms with van der Waals surface area (Å²) in [7, 11) is 0. The largest absolute Gasteiger partial charge is 0.299 e. The Labute approximate surface area is 99.8 Å². The van der Waals surface area contributed by atoms with Crippen LogP contribution in [0.15, 0.2) is 0 Å². The quantitative estimate of drug-likeness (QED) is 0.775. The second kappa shape index (κ2) is 5.65. The fourth-order valence-corrected chi connectivity index (χ4v) is 2.73. The standard InChI is InChI=1S/C13H25N3/c1-5-15-13(4,9-14)10-16-8-6-7-12(16)11(2)3/h11-12,15H,5-8,10H2,1-4H3. The van der Waals surface area contributed by atoms with E-state index < -0.39 is 5.54 Å². The van der Waals surface area contributed by atoms with Gasteiger partial charge in [0.05, 0.1) is 6.07 Å². The highest BCUT2D eigenvalue weighted by molar-refractivity contribution is 5.06. The molecule has 1 saturated heterocycles. The summed E-state index contributed by atoms with van der Waals surface area (Å²) >= 11 is 0. The Morgan fingerprint density at radius 2 is 2.25 bits per heavy atom. The molecule has 0 saturated carbocycles. The third kappa shape index (κ3) is 3.20. The summed E-state index contributed by atoms with van der Waals surface area (Å²) in [6.07, 6.45) is 2.56. The first-order chi connectivity index (χ1) is 7.52. The van der Waals surface area contributed by atoms with Crippen LogP contribution in [0.5, 0.6) is 0 Å². The number of rotatable bonds is 5. The van der Waals surface area contributed by atoms with E-state index in [1.54, 1.807) is 0 Å². The van der Waals surface area contributed by atoms with Gasteiger partial charge in [-0.2, -0.15) is 5.26 Å². The molecule has 1 aliphatic heterocycles. The van der Waals surface area contributed by atoms with Crippen molar-refractivity contribution in [2.45, 2.75) is 52.1 Å². The average Bonchev–Trinajstić information content (AvgIpc) is 2.66. The number of nitriles is 1. The first kappa shape index (κ1) is 13.5. The highest BCUT2D eigenvalue weighted by atomic mass is 15.2. The van der Waals surface area contributed by atoms with E-state index in [1.165, 1.54) is 12.8 Å². The number of nitrogens with one attached hydrogen (secondary N) is 1. The van der Waals surface area contributed by atoms with Gasteiger partial charge in [-0.1, -0.05) is 20.8 Å². The topological polar surface area (TPSA) is 39.1 Å². The minimum atomic E-state index is -0.397. The van der Waals surface area contributed by atoms with Gasteiger partial charge in [0.25, 0.3) is 0 Å². The number of likely N-dealkylation sites (tertiary alicyclic amines) is 1. The zero-order chi connectivity index (χ0) is 12.2. The van der Waals surface area contributed by atoms with Crippen LogP contribution in [0.1, 0.15) is 40.5 Å². The lowest BCUT2D eigenvalue weighted by molar-refractivity contribution is 0.171. The summed E-state index contributed by atoms with van der Waals surface area (Å²) in [6.45, 7) is 11.5. The molecular formula is C13H25N3. The number of likely N-dealkylation sites (N-methyl/N-ethyl adjacent to an activating group) is 1. The molecule has 1 fully saturated rings. The van der Waals surface area contributed by atoms with E-state index in [1.807, 2.05) is 6.92 Å². The molecule has 1 N–H and O–H groups in total. The molecule has 0 aliphatic carbocycles. The highest BCUT2D eigenvalue weighted by Crippen LogP contribution is 2.25. The van der Waals surface area contributed by atoms with Crippen molar-refractivity contribution in [1.29, 1.82) is 5.26 Å². The Kier molecular flexibility index (Phi) is 4.76. The van der Waals surface area contributed by atoms with Crippen molar-refractivity contribution in [1.82, 2.24) is 10.2 Å². The molecule has 3 nitrogen and oxygen atoms in total. The van der Waals surface area contributed by atoms with E-state index in [-0.39, 0.29) is 0 Å². The molecule has 3 heteroatoms. The van der Waals surface area contributed by atoms with Crippen LogP contribution in [-0.4, -0.2) is 36.1 Å². The van der Waals surface area contributed by atoms with E-state index >= 15 is 0 Å². The zero-order valence-electron chi connectivity index (χ0n) is 11.1. The predicted octanol–water partition coefficient (Wildman–Crippen LogP) is 2.00. The maximum absolute atomic E-state index is 9.26. The van der Waals surface area contributed by atoms with Crippen molar-refractivity contribution >= 4 is 0 Å². The van der Waals surface area contributed by atoms with Gasteiger partial charge in [0, 0.05) is 12.6 Å². The van der Waals surface area contributed by atoms with Gasteiger partial charge in [-0.3, -0.25) is 10.2 Å². The second-order valence-corrected chi connectivity index (χ2v) is 5.40. The van der Waals surface area contributed by atoms with Gasteiger partial charge < -0.3 is 0 Å². The van der Waals surface area contributed by atoms with Crippen LogP contribution in [0.3, 0.4) is 0 Å². The molecule has 16 heavy (non-hydrogen) atoms. The van der Waals surface area contributed by atoms with E-state index in [2.05, 4.69) is 37.1 Å². The first-order valence-corrected chi connectivity index (χ1v) is 6.42. The molecule has 0 aromatic heterocycles. The number of hydrogen-bond donors (Lipinski definition) is 1. The summed E-state index contributed by atoms with van der Waals surface area (Å²) in [6, 6.07) is 3.07. The van der Waals surface area contributed by atoms with Crippen molar-refractivity contribution in [2.75, 3.05) is 19.6 Å². The Hall–Kier alpha value is -0.590. The molecular weight excluding hydrogens is 198 g/mol. The van der Waals surface area contributed by atoms with Crippen LogP contribution in [0.4, 0.5) is 0 Å². The van der Waals surface area contributed by atoms with E-state index in [0.29, 0.717) is 12.0 Å². The van der Waals surface area contributed by atoms with Gasteiger partial charge >= 0.3 is 0 Å². The molecule has 1 aliphatic rings. The van der Waals surface area contributed by atoms with Gasteiger partial charge in [-0.05, 0) is 38.8 Å². The molecule has 92 valence electrons. The molecule has 0 spiro atoms. The summed E-state index contributed by atoms with van der Waals surface area (Å²) in [5.74, 6) is 0.687.